The van der Waals surface area contributed by atoms with Gasteiger partial charge < -0.3 is 10.6 Å². The van der Waals surface area contributed by atoms with Crippen molar-refractivity contribution in [1.29, 1.82) is 0 Å². The predicted molar refractivity (Wildman–Crippen MR) is 212 cm³/mol. The highest BCUT2D eigenvalue weighted by Crippen LogP contribution is 2.30. The standard InChI is InChI=1S/C46H31N3O6/c50-41(32-8-3-1-4-9-32)26-18-30-14-21-36(22-15-30)47-43(52)34-12-7-13-38(28-34)49-45(54)39-25-20-35(29-40(39)46(49)55)44(53)48-37-23-16-31(17-24-37)19-27-42(51)33-10-5-2-6-11-33/h1-29H,(H,47,52)(H,48,53)/b26-18-,27-19-. The molecule has 0 fully saturated rings. The molecule has 1 aliphatic rings. The fourth-order valence-corrected chi connectivity index (χ4v) is 5.91. The summed E-state index contributed by atoms with van der Waals surface area (Å²) in [7, 11) is 0. The van der Waals surface area contributed by atoms with Crippen molar-refractivity contribution in [2.75, 3.05) is 15.5 Å². The monoisotopic (exact) mass is 721 g/mol. The Balaban J connectivity index is 0.979. The zero-order chi connectivity index (χ0) is 38.3. The number of nitrogens with one attached hydrogen (secondary N) is 2. The molecule has 0 unspecified atom stereocenters. The summed E-state index contributed by atoms with van der Waals surface area (Å²) in [4.78, 5) is 79.1. The van der Waals surface area contributed by atoms with E-state index in [1.165, 1.54) is 36.4 Å². The quantitative estimate of drug-likeness (QED) is 0.0782. The molecule has 0 atom stereocenters. The topological polar surface area (TPSA) is 130 Å². The number of carbonyl (C=O) groups excluding carboxylic acids is 6. The number of hydrogen-bond donors (Lipinski definition) is 2. The molecule has 4 amide bonds. The lowest BCUT2D eigenvalue weighted by Crippen LogP contribution is -2.29. The van der Waals surface area contributed by atoms with Crippen LogP contribution in [0.25, 0.3) is 12.2 Å². The van der Waals surface area contributed by atoms with E-state index in [4.69, 9.17) is 0 Å². The molecule has 2 N–H and O–H groups in total. The van der Waals surface area contributed by atoms with Crippen molar-refractivity contribution in [2.45, 2.75) is 0 Å². The third-order valence-corrected chi connectivity index (χ3v) is 8.82. The van der Waals surface area contributed by atoms with Gasteiger partial charge in [0.15, 0.2) is 11.6 Å². The molecule has 55 heavy (non-hydrogen) atoms. The highest BCUT2D eigenvalue weighted by Gasteiger charge is 2.37. The van der Waals surface area contributed by atoms with Gasteiger partial charge in [0.2, 0.25) is 0 Å². The molecule has 0 radical (unpaired) electrons. The molecule has 0 saturated heterocycles. The maximum absolute atomic E-state index is 13.6. The summed E-state index contributed by atoms with van der Waals surface area (Å²) in [5.41, 5.74) is 4.51. The van der Waals surface area contributed by atoms with Crippen LogP contribution in [0.15, 0.2) is 164 Å². The lowest BCUT2D eigenvalue weighted by atomic mass is 10.1. The first-order chi connectivity index (χ1) is 26.7. The zero-order valence-corrected chi connectivity index (χ0v) is 29.1. The van der Waals surface area contributed by atoms with Crippen molar-refractivity contribution >= 4 is 64.4 Å². The number of imide groups is 1. The molecule has 0 aliphatic carbocycles. The molecular weight excluding hydrogens is 691 g/mol. The molecule has 0 spiro atoms. The third kappa shape index (κ3) is 8.16. The van der Waals surface area contributed by atoms with E-state index >= 15 is 0 Å². The smallest absolute Gasteiger partial charge is 0.266 e. The Hall–Kier alpha value is -7.78. The molecule has 6 aromatic rings. The van der Waals surface area contributed by atoms with Crippen LogP contribution in [0, 0.1) is 0 Å². The average Bonchev–Trinajstić information content (AvgIpc) is 3.48. The Labute approximate surface area is 316 Å². The molecule has 6 aromatic carbocycles. The number of rotatable bonds is 11. The van der Waals surface area contributed by atoms with Crippen LogP contribution in [0.1, 0.15) is 73.3 Å². The minimum Gasteiger partial charge on any atom is -0.322 e. The normalized spacial score (nSPS) is 12.2. The Bertz CT molecular complexity index is 2520. The van der Waals surface area contributed by atoms with E-state index in [-0.39, 0.29) is 39.5 Å². The summed E-state index contributed by atoms with van der Waals surface area (Å²) >= 11 is 0. The second-order valence-electron chi connectivity index (χ2n) is 12.5. The first-order valence-corrected chi connectivity index (χ1v) is 17.2. The van der Waals surface area contributed by atoms with Gasteiger partial charge >= 0.3 is 0 Å². The second kappa shape index (κ2) is 15.9. The number of amides is 4. The lowest BCUT2D eigenvalue weighted by Gasteiger charge is -2.15. The van der Waals surface area contributed by atoms with Crippen LogP contribution in [-0.4, -0.2) is 35.2 Å². The number of carbonyl (C=O) groups is 6. The summed E-state index contributed by atoms with van der Waals surface area (Å²) < 4.78 is 0. The molecule has 0 aromatic heterocycles. The van der Waals surface area contributed by atoms with Gasteiger partial charge in [-0.25, -0.2) is 4.90 Å². The maximum Gasteiger partial charge on any atom is 0.266 e. The van der Waals surface area contributed by atoms with Gasteiger partial charge in [0, 0.05) is 33.6 Å². The molecule has 9 nitrogen and oxygen atoms in total. The molecule has 1 heterocycles. The van der Waals surface area contributed by atoms with E-state index in [1.54, 1.807) is 127 Å². The Morgan fingerprint density at radius 3 is 1.40 bits per heavy atom. The first-order valence-electron chi connectivity index (χ1n) is 17.2. The Kier molecular flexibility index (Phi) is 10.3. The van der Waals surface area contributed by atoms with E-state index in [0.29, 0.717) is 22.5 Å². The zero-order valence-electron chi connectivity index (χ0n) is 29.1. The summed E-state index contributed by atoms with van der Waals surface area (Å²) in [5.74, 6) is -2.38. The van der Waals surface area contributed by atoms with Gasteiger partial charge in [-0.3, -0.25) is 28.8 Å². The van der Waals surface area contributed by atoms with Crippen molar-refractivity contribution in [1.82, 2.24) is 0 Å². The van der Waals surface area contributed by atoms with Crippen molar-refractivity contribution in [2.24, 2.45) is 0 Å². The van der Waals surface area contributed by atoms with Crippen LogP contribution in [0.5, 0.6) is 0 Å². The highest BCUT2D eigenvalue weighted by molar-refractivity contribution is 6.35. The molecular formula is C46H31N3O6. The van der Waals surface area contributed by atoms with Gasteiger partial charge in [-0.05, 0) is 83.9 Å². The van der Waals surface area contributed by atoms with Gasteiger partial charge in [-0.2, -0.15) is 0 Å². The number of fused-ring (bicyclic) bond motifs is 1. The summed E-state index contributed by atoms with van der Waals surface area (Å²) in [6.45, 7) is 0. The fourth-order valence-electron chi connectivity index (χ4n) is 5.91. The molecule has 266 valence electrons. The van der Waals surface area contributed by atoms with E-state index in [1.807, 2.05) is 12.1 Å². The van der Waals surface area contributed by atoms with E-state index in [2.05, 4.69) is 10.6 Å². The van der Waals surface area contributed by atoms with E-state index in [9.17, 15) is 28.8 Å². The number of nitrogens with zero attached hydrogens (tertiary/aromatic N) is 1. The molecule has 0 bridgehead atoms. The third-order valence-electron chi connectivity index (χ3n) is 8.82. The number of benzene rings is 6. The van der Waals surface area contributed by atoms with Crippen LogP contribution in [-0.2, 0) is 0 Å². The molecule has 9 heteroatoms. The van der Waals surface area contributed by atoms with Crippen molar-refractivity contribution in [3.63, 3.8) is 0 Å². The first kappa shape index (κ1) is 35.6. The minimum atomic E-state index is -0.622. The highest BCUT2D eigenvalue weighted by atomic mass is 16.2. The fraction of sp³-hybridized carbons (Fsp3) is 0. The summed E-state index contributed by atoms with van der Waals surface area (Å²) in [6.07, 6.45) is 6.36. The maximum atomic E-state index is 13.6. The average molecular weight is 722 g/mol. The minimum absolute atomic E-state index is 0.0654. The van der Waals surface area contributed by atoms with Crippen molar-refractivity contribution in [3.8, 4) is 0 Å². The SMILES string of the molecule is O=C(/C=C\c1ccc(NC(=O)c2cccc(N3C(=O)c4ccc(C(=O)Nc5ccc(/C=C\C(=O)c6ccccc6)cc5)cc4C3=O)c2)cc1)c1ccccc1. The van der Waals surface area contributed by atoms with Crippen molar-refractivity contribution < 1.29 is 28.8 Å². The van der Waals surface area contributed by atoms with Gasteiger partial charge in [0.25, 0.3) is 23.6 Å². The Morgan fingerprint density at radius 1 is 0.436 bits per heavy atom. The number of anilines is 3. The van der Waals surface area contributed by atoms with Crippen LogP contribution < -0.4 is 15.5 Å². The van der Waals surface area contributed by atoms with Gasteiger partial charge in [0.05, 0.1) is 16.8 Å². The number of allylic oxidation sites excluding steroid dienone is 2. The van der Waals surface area contributed by atoms with Crippen LogP contribution in [0.2, 0.25) is 0 Å². The second-order valence-corrected chi connectivity index (χ2v) is 12.5. The summed E-state index contributed by atoms with van der Waals surface area (Å²) in [6, 6.07) is 42.1. The van der Waals surface area contributed by atoms with E-state index < -0.39 is 23.6 Å². The van der Waals surface area contributed by atoms with Gasteiger partial charge in [-0.15, -0.1) is 0 Å². The number of ketones is 2. The lowest BCUT2D eigenvalue weighted by molar-refractivity contribution is 0.0922. The Morgan fingerprint density at radius 2 is 0.891 bits per heavy atom. The number of hydrogen-bond acceptors (Lipinski definition) is 6. The summed E-state index contributed by atoms with van der Waals surface area (Å²) in [5, 5.41) is 5.61. The van der Waals surface area contributed by atoms with Gasteiger partial charge in [-0.1, -0.05) is 103 Å². The van der Waals surface area contributed by atoms with Crippen molar-refractivity contribution in [3.05, 3.63) is 208 Å². The predicted octanol–water partition coefficient (Wildman–Crippen LogP) is 8.78. The van der Waals surface area contributed by atoms with E-state index in [0.717, 1.165) is 16.0 Å². The van der Waals surface area contributed by atoms with Gasteiger partial charge in [0.1, 0.15) is 0 Å². The molecule has 0 saturated carbocycles. The largest absolute Gasteiger partial charge is 0.322 e. The van der Waals surface area contributed by atoms with Crippen LogP contribution in [0.3, 0.4) is 0 Å². The van der Waals surface area contributed by atoms with Crippen LogP contribution in [0.4, 0.5) is 17.1 Å². The molecule has 1 aliphatic heterocycles. The molecule has 7 rings (SSSR count). The van der Waals surface area contributed by atoms with Crippen LogP contribution >= 0.6 is 0 Å².